The van der Waals surface area contributed by atoms with Crippen LogP contribution in [-0.2, 0) is 20.7 Å². The minimum atomic E-state index is -0.530. The molecule has 2 aromatic rings. The first kappa shape index (κ1) is 21.0. The fraction of sp³-hybridized carbons (Fsp3) is 0.364. The van der Waals surface area contributed by atoms with Crippen LogP contribution in [-0.4, -0.2) is 61.1 Å². The summed E-state index contributed by atoms with van der Waals surface area (Å²) in [5.41, 5.74) is 1.77. The zero-order valence-corrected chi connectivity index (χ0v) is 18.0. The molecule has 1 fully saturated rings. The van der Waals surface area contributed by atoms with E-state index in [-0.39, 0.29) is 11.9 Å². The Morgan fingerprint density at radius 2 is 1.70 bits per heavy atom. The average Bonchev–Trinajstić information content (AvgIpc) is 3.18. The van der Waals surface area contributed by atoms with Crippen LogP contribution in [0.15, 0.2) is 42.5 Å². The molecule has 0 radical (unpaired) electrons. The van der Waals surface area contributed by atoms with Gasteiger partial charge in [-0.3, -0.25) is 9.69 Å². The third kappa shape index (κ3) is 4.26. The fourth-order valence-corrected chi connectivity index (χ4v) is 4.33. The third-order valence-electron chi connectivity index (χ3n) is 5.57. The first-order valence-electron chi connectivity index (χ1n) is 9.77. The van der Waals surface area contributed by atoms with E-state index in [1.807, 2.05) is 23.1 Å². The summed E-state index contributed by atoms with van der Waals surface area (Å²) in [6.07, 6.45) is -0.0116. The molecule has 2 unspecified atom stereocenters. The van der Waals surface area contributed by atoms with E-state index in [1.54, 1.807) is 29.2 Å². The molecule has 0 aliphatic carbocycles. The molecule has 2 aliphatic heterocycles. The van der Waals surface area contributed by atoms with Gasteiger partial charge < -0.3 is 14.4 Å². The minimum absolute atomic E-state index is 0.0388. The second kappa shape index (κ2) is 8.84. The predicted octanol–water partition coefficient (Wildman–Crippen LogP) is 3.36. The molecule has 0 spiro atoms. The van der Waals surface area contributed by atoms with Crippen LogP contribution in [0.1, 0.15) is 17.2 Å². The Balaban J connectivity index is 1.40. The number of hydrogen-bond acceptors (Lipinski definition) is 5. The lowest BCUT2D eigenvalue weighted by molar-refractivity contribution is -0.149. The van der Waals surface area contributed by atoms with Crippen molar-refractivity contribution >= 4 is 35.1 Å². The van der Waals surface area contributed by atoms with E-state index in [2.05, 4.69) is 0 Å². The maximum atomic E-state index is 13.0. The molecule has 2 atom stereocenters. The van der Waals surface area contributed by atoms with Crippen molar-refractivity contribution in [2.24, 2.45) is 0 Å². The van der Waals surface area contributed by atoms with E-state index in [0.717, 1.165) is 11.1 Å². The quantitative estimate of drug-likeness (QED) is 0.671. The molecule has 158 valence electrons. The number of amides is 1. The molecule has 2 aromatic carbocycles. The number of nitrogens with zero attached hydrogens (tertiary/aromatic N) is 2. The van der Waals surface area contributed by atoms with Gasteiger partial charge in [0.25, 0.3) is 5.91 Å². The van der Waals surface area contributed by atoms with Gasteiger partial charge in [0, 0.05) is 42.6 Å². The minimum Gasteiger partial charge on any atom is -0.480 e. The van der Waals surface area contributed by atoms with Crippen molar-refractivity contribution in [1.82, 2.24) is 9.80 Å². The van der Waals surface area contributed by atoms with Crippen molar-refractivity contribution in [1.29, 1.82) is 0 Å². The summed E-state index contributed by atoms with van der Waals surface area (Å²) >= 11 is 12.0. The van der Waals surface area contributed by atoms with Crippen molar-refractivity contribution in [2.75, 3.05) is 33.3 Å². The van der Waals surface area contributed by atoms with E-state index >= 15 is 0 Å². The first-order chi connectivity index (χ1) is 14.5. The molecule has 0 saturated carbocycles. The number of ether oxygens (including phenoxy) is 2. The number of methoxy groups -OCH3 is 1. The van der Waals surface area contributed by atoms with Crippen LogP contribution in [0.2, 0.25) is 10.0 Å². The summed E-state index contributed by atoms with van der Waals surface area (Å²) in [7, 11) is 1.38. The van der Waals surface area contributed by atoms with Gasteiger partial charge in [-0.1, -0.05) is 35.3 Å². The van der Waals surface area contributed by atoms with Crippen LogP contribution in [0, 0.1) is 0 Å². The van der Waals surface area contributed by atoms with Crippen molar-refractivity contribution in [3.63, 3.8) is 0 Å². The zero-order chi connectivity index (χ0) is 21.3. The second-order valence-corrected chi connectivity index (χ2v) is 8.27. The van der Waals surface area contributed by atoms with E-state index in [9.17, 15) is 9.59 Å². The van der Waals surface area contributed by atoms with Crippen LogP contribution in [0.4, 0.5) is 0 Å². The Morgan fingerprint density at radius 1 is 1.03 bits per heavy atom. The number of benzene rings is 2. The summed E-state index contributed by atoms with van der Waals surface area (Å²) in [5, 5.41) is 1.24. The molecule has 1 saturated heterocycles. The lowest BCUT2D eigenvalue weighted by atomic mass is 10.0. The molecule has 4 rings (SSSR count). The summed E-state index contributed by atoms with van der Waals surface area (Å²) in [6.45, 7) is 2.13. The van der Waals surface area contributed by atoms with Gasteiger partial charge in [-0.25, -0.2) is 4.79 Å². The van der Waals surface area contributed by atoms with Crippen LogP contribution < -0.4 is 4.74 Å². The summed E-state index contributed by atoms with van der Waals surface area (Å²) in [5.74, 6) is 0.344. The lowest BCUT2D eigenvalue weighted by Crippen LogP contribution is -2.53. The molecule has 0 aromatic heterocycles. The summed E-state index contributed by atoms with van der Waals surface area (Å²) in [4.78, 5) is 29.3. The highest BCUT2D eigenvalue weighted by Crippen LogP contribution is 2.32. The normalized spacial score (nSPS) is 19.7. The maximum Gasteiger partial charge on any atom is 0.327 e. The molecular formula is C22H22Cl2N2O4. The number of carbonyl (C=O) groups is 2. The van der Waals surface area contributed by atoms with Crippen molar-refractivity contribution in [3.05, 3.63) is 63.6 Å². The second-order valence-electron chi connectivity index (χ2n) is 7.40. The zero-order valence-electron chi connectivity index (χ0n) is 16.5. The van der Waals surface area contributed by atoms with Crippen LogP contribution in [0.25, 0.3) is 0 Å². The summed E-state index contributed by atoms with van der Waals surface area (Å²) < 4.78 is 10.9. The van der Waals surface area contributed by atoms with Crippen LogP contribution in [0.3, 0.4) is 0 Å². The molecule has 2 heterocycles. The van der Waals surface area contributed by atoms with Gasteiger partial charge in [0.05, 0.1) is 7.11 Å². The van der Waals surface area contributed by atoms with E-state index in [1.165, 1.54) is 7.11 Å². The standard InChI is InChI=1S/C22H22Cl2N2O4/c1-29-22(28)20(14-2-4-16(23)5-3-14)25-8-10-26(11-9-25)21(27)19-13-15-12-17(24)6-7-18(15)30-19/h2-7,12,19-20H,8-11,13H2,1H3. The number of esters is 1. The molecule has 1 amide bonds. The van der Waals surface area contributed by atoms with E-state index in [4.69, 9.17) is 32.7 Å². The lowest BCUT2D eigenvalue weighted by Gasteiger charge is -2.38. The number of carbonyl (C=O) groups excluding carboxylic acids is 2. The number of hydrogen-bond donors (Lipinski definition) is 0. The van der Waals surface area contributed by atoms with E-state index < -0.39 is 12.1 Å². The van der Waals surface area contributed by atoms with E-state index in [0.29, 0.717) is 48.4 Å². The molecular weight excluding hydrogens is 427 g/mol. The molecule has 30 heavy (non-hydrogen) atoms. The molecule has 8 heteroatoms. The van der Waals surface area contributed by atoms with Crippen LogP contribution >= 0.6 is 23.2 Å². The first-order valence-corrected chi connectivity index (χ1v) is 10.5. The van der Waals surface area contributed by atoms with Crippen LogP contribution in [0.5, 0.6) is 5.75 Å². The number of halogens is 2. The van der Waals surface area contributed by atoms with Gasteiger partial charge in [0.1, 0.15) is 11.8 Å². The van der Waals surface area contributed by atoms with Gasteiger partial charge in [-0.05, 0) is 41.5 Å². The monoisotopic (exact) mass is 448 g/mol. The Bertz CT molecular complexity index is 943. The van der Waals surface area contributed by atoms with Gasteiger partial charge >= 0.3 is 5.97 Å². The Labute approximate surface area is 185 Å². The SMILES string of the molecule is COC(=O)C(c1ccc(Cl)cc1)N1CCN(C(=O)C2Cc3cc(Cl)ccc3O2)CC1. The smallest absolute Gasteiger partial charge is 0.327 e. The molecule has 2 aliphatic rings. The number of rotatable bonds is 4. The van der Waals surface area contributed by atoms with Crippen molar-refractivity contribution in [3.8, 4) is 5.75 Å². The predicted molar refractivity (Wildman–Crippen MR) is 114 cm³/mol. The fourth-order valence-electron chi connectivity index (χ4n) is 4.01. The largest absolute Gasteiger partial charge is 0.480 e. The Kier molecular flexibility index (Phi) is 6.18. The van der Waals surface area contributed by atoms with Gasteiger partial charge in [0.15, 0.2) is 6.10 Å². The molecule has 0 bridgehead atoms. The van der Waals surface area contributed by atoms with Gasteiger partial charge in [-0.15, -0.1) is 0 Å². The highest BCUT2D eigenvalue weighted by atomic mass is 35.5. The van der Waals surface area contributed by atoms with Crippen molar-refractivity contribution in [2.45, 2.75) is 18.6 Å². The maximum absolute atomic E-state index is 13.0. The van der Waals surface area contributed by atoms with Gasteiger partial charge in [-0.2, -0.15) is 0 Å². The highest BCUT2D eigenvalue weighted by Gasteiger charge is 2.36. The summed E-state index contributed by atoms with van der Waals surface area (Å²) in [6, 6.07) is 12.0. The highest BCUT2D eigenvalue weighted by molar-refractivity contribution is 6.30. The number of fused-ring (bicyclic) bond motifs is 1. The third-order valence-corrected chi connectivity index (χ3v) is 6.06. The Hall–Kier alpha value is -2.28. The topological polar surface area (TPSA) is 59.1 Å². The molecule has 6 nitrogen and oxygen atoms in total. The number of piperazine rings is 1. The molecule has 0 N–H and O–H groups in total. The van der Waals surface area contributed by atoms with Crippen molar-refractivity contribution < 1.29 is 19.1 Å². The van der Waals surface area contributed by atoms with Gasteiger partial charge in [0.2, 0.25) is 0 Å². The Morgan fingerprint density at radius 3 is 2.37 bits per heavy atom. The average molecular weight is 449 g/mol.